The van der Waals surface area contributed by atoms with Gasteiger partial charge in [-0.2, -0.15) is 0 Å². The second-order valence-electron chi connectivity index (χ2n) is 8.23. The van der Waals surface area contributed by atoms with Gasteiger partial charge in [-0.3, -0.25) is 4.79 Å². The number of amides is 1. The Morgan fingerprint density at radius 2 is 1.36 bits per heavy atom. The van der Waals surface area contributed by atoms with E-state index in [1.807, 2.05) is 19.2 Å². The molecule has 0 unspecified atom stereocenters. The number of benzene rings is 3. The number of allylic oxidation sites excluding steroid dienone is 1. The van der Waals surface area contributed by atoms with Crippen LogP contribution in [0.2, 0.25) is 0 Å². The van der Waals surface area contributed by atoms with Crippen molar-refractivity contribution in [3.63, 3.8) is 0 Å². The van der Waals surface area contributed by atoms with Crippen LogP contribution < -0.4 is 4.74 Å². The number of carbonyl (C=O) groups is 1. The maximum atomic E-state index is 12.1. The van der Waals surface area contributed by atoms with Gasteiger partial charge in [0.05, 0.1) is 6.54 Å². The molecule has 0 saturated carbocycles. The molecule has 0 aliphatic heterocycles. The number of rotatable bonds is 11. The van der Waals surface area contributed by atoms with Crippen molar-refractivity contribution < 1.29 is 9.53 Å². The topological polar surface area (TPSA) is 29.5 Å². The summed E-state index contributed by atoms with van der Waals surface area (Å²) in [5.74, 6) is 1.000. The van der Waals surface area contributed by atoms with Crippen LogP contribution in [0.25, 0.3) is 11.1 Å². The van der Waals surface area contributed by atoms with Gasteiger partial charge < -0.3 is 9.64 Å². The van der Waals surface area contributed by atoms with Gasteiger partial charge in [-0.05, 0) is 52.8 Å². The van der Waals surface area contributed by atoms with E-state index in [1.54, 1.807) is 4.90 Å². The molecule has 3 heteroatoms. The van der Waals surface area contributed by atoms with Crippen molar-refractivity contribution in [2.75, 3.05) is 20.2 Å². The monoisotopic (exact) mass is 441 g/mol. The lowest BCUT2D eigenvalue weighted by atomic mass is 9.88. The minimum atomic E-state index is 0.182. The van der Waals surface area contributed by atoms with Crippen LogP contribution in [-0.4, -0.2) is 31.0 Å². The average molecular weight is 442 g/mol. The summed E-state index contributed by atoms with van der Waals surface area (Å²) >= 11 is 0. The van der Waals surface area contributed by atoms with Crippen LogP contribution in [0.1, 0.15) is 56.2 Å². The van der Waals surface area contributed by atoms with E-state index < -0.39 is 0 Å². The quantitative estimate of drug-likeness (QED) is 0.297. The molecule has 172 valence electrons. The Kier molecular flexibility index (Phi) is 9.31. The molecule has 3 nitrogen and oxygen atoms in total. The van der Waals surface area contributed by atoms with Gasteiger partial charge in [0.25, 0.3) is 0 Å². The van der Waals surface area contributed by atoms with E-state index >= 15 is 0 Å². The maximum Gasteiger partial charge on any atom is 0.222 e. The zero-order valence-electron chi connectivity index (χ0n) is 20.1. The Hall–Kier alpha value is -3.33. The summed E-state index contributed by atoms with van der Waals surface area (Å²) in [6, 6.07) is 29.5. The third-order valence-corrected chi connectivity index (χ3v) is 5.85. The van der Waals surface area contributed by atoms with Crippen molar-refractivity contribution in [3.05, 3.63) is 102 Å². The highest BCUT2D eigenvalue weighted by Gasteiger charge is 2.13. The van der Waals surface area contributed by atoms with Crippen molar-refractivity contribution in [1.29, 1.82) is 0 Å². The molecule has 0 bridgehead atoms. The molecule has 0 aliphatic carbocycles. The molecule has 0 saturated heterocycles. The van der Waals surface area contributed by atoms with Crippen molar-refractivity contribution in [1.82, 2.24) is 4.90 Å². The molecule has 3 aromatic rings. The number of likely N-dealkylation sites (N-methyl/N-ethyl adjacent to an activating group) is 1. The predicted molar refractivity (Wildman–Crippen MR) is 138 cm³/mol. The van der Waals surface area contributed by atoms with Gasteiger partial charge in [0.15, 0.2) is 0 Å². The second kappa shape index (κ2) is 12.6. The number of unbranched alkanes of at least 4 members (excludes halogenated alkanes) is 1. The summed E-state index contributed by atoms with van der Waals surface area (Å²) in [5.41, 5.74) is 6.19. The van der Waals surface area contributed by atoms with Crippen LogP contribution in [-0.2, 0) is 4.79 Å². The largest absolute Gasteiger partial charge is 0.492 e. The summed E-state index contributed by atoms with van der Waals surface area (Å²) in [4.78, 5) is 13.8. The van der Waals surface area contributed by atoms with E-state index in [4.69, 9.17) is 4.74 Å². The van der Waals surface area contributed by atoms with Crippen molar-refractivity contribution >= 4 is 17.1 Å². The van der Waals surface area contributed by atoms with Gasteiger partial charge in [-0.15, -0.1) is 0 Å². The van der Waals surface area contributed by atoms with E-state index in [0.29, 0.717) is 19.6 Å². The SMILES string of the molecule is CCCCC(=O)N(C)CCOc1ccc(/C(=C(/CC)c2ccccc2)c2ccccc2)cc1. The fraction of sp³-hybridized carbons (Fsp3) is 0.300. The third kappa shape index (κ3) is 6.82. The summed E-state index contributed by atoms with van der Waals surface area (Å²) < 4.78 is 5.93. The minimum Gasteiger partial charge on any atom is -0.492 e. The fourth-order valence-corrected chi connectivity index (χ4v) is 3.95. The fourth-order valence-electron chi connectivity index (χ4n) is 3.95. The van der Waals surface area contributed by atoms with E-state index in [0.717, 1.165) is 25.0 Å². The Bertz CT molecular complexity index is 1020. The molecule has 33 heavy (non-hydrogen) atoms. The highest BCUT2D eigenvalue weighted by molar-refractivity contribution is 5.98. The predicted octanol–water partition coefficient (Wildman–Crippen LogP) is 7.08. The Morgan fingerprint density at radius 3 is 1.94 bits per heavy atom. The Morgan fingerprint density at radius 1 is 0.788 bits per heavy atom. The van der Waals surface area contributed by atoms with Crippen LogP contribution in [0.15, 0.2) is 84.9 Å². The first-order valence-corrected chi connectivity index (χ1v) is 11.9. The highest BCUT2D eigenvalue weighted by Crippen LogP contribution is 2.34. The molecule has 0 aromatic heterocycles. The van der Waals surface area contributed by atoms with Crippen LogP contribution >= 0.6 is 0 Å². The number of hydrogen-bond acceptors (Lipinski definition) is 2. The second-order valence-corrected chi connectivity index (χ2v) is 8.23. The van der Waals surface area contributed by atoms with E-state index in [2.05, 4.69) is 86.6 Å². The van der Waals surface area contributed by atoms with E-state index in [9.17, 15) is 4.79 Å². The van der Waals surface area contributed by atoms with Gasteiger partial charge in [-0.25, -0.2) is 0 Å². The standard InChI is InChI=1S/C30H35NO2/c1-4-6-17-29(32)31(3)22-23-33-27-20-18-26(19-21-27)30(25-15-11-8-12-16-25)28(5-2)24-13-9-7-10-14-24/h7-16,18-21H,4-6,17,22-23H2,1-3H3/b30-28-. The maximum absolute atomic E-state index is 12.1. The lowest BCUT2D eigenvalue weighted by molar-refractivity contribution is -0.130. The lowest BCUT2D eigenvalue weighted by Crippen LogP contribution is -2.30. The normalized spacial score (nSPS) is 11.6. The summed E-state index contributed by atoms with van der Waals surface area (Å²) in [5, 5.41) is 0. The first-order chi connectivity index (χ1) is 16.1. The number of hydrogen-bond donors (Lipinski definition) is 0. The van der Waals surface area contributed by atoms with Gasteiger partial charge in [0.1, 0.15) is 12.4 Å². The molecule has 0 fully saturated rings. The van der Waals surface area contributed by atoms with Crippen LogP contribution in [0.3, 0.4) is 0 Å². The molecule has 3 rings (SSSR count). The molecule has 0 atom stereocenters. The molecule has 0 heterocycles. The number of ether oxygens (including phenoxy) is 1. The van der Waals surface area contributed by atoms with Crippen molar-refractivity contribution in [2.45, 2.75) is 39.5 Å². The van der Waals surface area contributed by atoms with Gasteiger partial charge in [-0.1, -0.05) is 93.1 Å². The minimum absolute atomic E-state index is 0.182. The molecule has 0 aliphatic rings. The van der Waals surface area contributed by atoms with Gasteiger partial charge in [0.2, 0.25) is 5.91 Å². The van der Waals surface area contributed by atoms with E-state index in [1.165, 1.54) is 27.8 Å². The van der Waals surface area contributed by atoms with Crippen LogP contribution in [0.4, 0.5) is 0 Å². The number of carbonyl (C=O) groups excluding carboxylic acids is 1. The third-order valence-electron chi connectivity index (χ3n) is 5.85. The summed E-state index contributed by atoms with van der Waals surface area (Å²) in [6.45, 7) is 5.38. The molecule has 3 aromatic carbocycles. The molecular weight excluding hydrogens is 406 g/mol. The molecule has 0 N–H and O–H groups in total. The lowest BCUT2D eigenvalue weighted by Gasteiger charge is -2.18. The van der Waals surface area contributed by atoms with E-state index in [-0.39, 0.29) is 5.91 Å². The zero-order valence-corrected chi connectivity index (χ0v) is 20.1. The first kappa shape index (κ1) is 24.3. The van der Waals surface area contributed by atoms with Gasteiger partial charge >= 0.3 is 0 Å². The molecule has 0 spiro atoms. The molecule has 1 amide bonds. The molecule has 0 radical (unpaired) electrons. The Labute approximate surface area is 198 Å². The Balaban J connectivity index is 1.78. The van der Waals surface area contributed by atoms with Crippen LogP contribution in [0.5, 0.6) is 5.75 Å². The average Bonchev–Trinajstić information content (AvgIpc) is 2.87. The number of nitrogens with zero attached hydrogens (tertiary/aromatic N) is 1. The summed E-state index contributed by atoms with van der Waals surface area (Å²) in [6.07, 6.45) is 3.51. The van der Waals surface area contributed by atoms with Crippen molar-refractivity contribution in [2.24, 2.45) is 0 Å². The van der Waals surface area contributed by atoms with Crippen molar-refractivity contribution in [3.8, 4) is 5.75 Å². The molecular formula is C30H35NO2. The van der Waals surface area contributed by atoms with Crippen LogP contribution in [0, 0.1) is 0 Å². The smallest absolute Gasteiger partial charge is 0.222 e. The highest BCUT2D eigenvalue weighted by atomic mass is 16.5. The zero-order chi connectivity index (χ0) is 23.5. The van der Waals surface area contributed by atoms with Gasteiger partial charge in [0, 0.05) is 13.5 Å². The first-order valence-electron chi connectivity index (χ1n) is 11.9. The summed E-state index contributed by atoms with van der Waals surface area (Å²) in [7, 11) is 1.84.